The summed E-state index contributed by atoms with van der Waals surface area (Å²) in [4.78, 5) is 13.8. The molecule has 2 rings (SSSR count). The first-order valence-electron chi connectivity index (χ1n) is 5.33. The Morgan fingerprint density at radius 2 is 1.40 bits per heavy atom. The van der Waals surface area contributed by atoms with Crippen LogP contribution in [0.25, 0.3) is 0 Å². The monoisotopic (exact) mass is 335 g/mol. The number of carbonyl (C=O) groups is 1. The van der Waals surface area contributed by atoms with E-state index in [0.29, 0.717) is 5.56 Å². The number of carbonyl (C=O) groups excluding carboxylic acids is 1. The minimum atomic E-state index is 0. The molecule has 5 nitrogen and oxygen atoms in total. The van der Waals surface area contributed by atoms with E-state index in [1.165, 1.54) is 4.40 Å². The average Bonchev–Trinajstić information content (AvgIpc) is 2.39. The van der Waals surface area contributed by atoms with Gasteiger partial charge in [0.2, 0.25) is 0 Å². The van der Waals surface area contributed by atoms with E-state index in [1.54, 1.807) is 11.9 Å². The van der Waals surface area contributed by atoms with Gasteiger partial charge in [0, 0.05) is 0 Å². The van der Waals surface area contributed by atoms with Crippen molar-refractivity contribution in [2.24, 2.45) is 0 Å². The van der Waals surface area contributed by atoms with Crippen molar-refractivity contribution >= 4 is 32.5 Å². The molecule has 0 atom stereocenters. The molecule has 0 aliphatic heterocycles. The number of hydrogen-bond acceptors (Lipinski definition) is 4. The zero-order valence-corrected chi connectivity index (χ0v) is 13.0. The second-order valence-electron chi connectivity index (χ2n) is 3.78. The van der Waals surface area contributed by atoms with E-state index in [4.69, 9.17) is 0 Å². The summed E-state index contributed by atoms with van der Waals surface area (Å²) in [5, 5.41) is 0. The normalized spacial score (nSPS) is 8.55. The van der Waals surface area contributed by atoms with Crippen LogP contribution in [0.5, 0.6) is 0 Å². The minimum Gasteiger partial charge on any atom is -0.870 e. The van der Waals surface area contributed by atoms with Gasteiger partial charge in [0.05, 0.1) is 0 Å². The molecule has 2 aromatic carbocycles. The van der Waals surface area contributed by atoms with Crippen molar-refractivity contribution in [2.45, 2.75) is 0 Å². The number of nitrogens with zero attached hydrogens (tertiary/aromatic N) is 1. The van der Waals surface area contributed by atoms with Gasteiger partial charge in [-0.15, -0.1) is 0 Å². The first kappa shape index (κ1) is 20.6. The predicted molar refractivity (Wildman–Crippen MR) is 76.8 cm³/mol. The van der Waals surface area contributed by atoms with Crippen molar-refractivity contribution in [3.63, 3.8) is 0 Å². The van der Waals surface area contributed by atoms with E-state index in [-0.39, 0.29) is 22.3 Å². The molecule has 0 radical (unpaired) electrons. The van der Waals surface area contributed by atoms with Crippen molar-refractivity contribution in [1.82, 2.24) is 0 Å². The van der Waals surface area contributed by atoms with Crippen LogP contribution < -0.4 is 9.30 Å². The van der Waals surface area contributed by atoms with Gasteiger partial charge in [0.15, 0.2) is 0 Å². The molecular formula is C14H15GeNO4. The zero-order chi connectivity index (χ0) is 12.3. The summed E-state index contributed by atoms with van der Waals surface area (Å²) < 4.78 is 1.19. The van der Waals surface area contributed by atoms with Gasteiger partial charge in [0.25, 0.3) is 0 Å². The van der Waals surface area contributed by atoms with Crippen molar-refractivity contribution in [1.29, 1.82) is 0 Å². The van der Waals surface area contributed by atoms with Crippen molar-refractivity contribution in [3.8, 4) is 0 Å². The van der Waals surface area contributed by atoms with Crippen LogP contribution in [-0.2, 0) is 0 Å². The third-order valence-corrected chi connectivity index (χ3v) is 3.28. The third kappa shape index (κ3) is 4.78. The molecule has 6 heteroatoms. The molecule has 0 saturated carbocycles. The van der Waals surface area contributed by atoms with Gasteiger partial charge < -0.3 is 16.4 Å². The maximum absolute atomic E-state index is 12.2. The number of anilines is 1. The molecule has 0 aliphatic carbocycles. The van der Waals surface area contributed by atoms with Crippen LogP contribution in [0.15, 0.2) is 54.6 Å². The van der Waals surface area contributed by atoms with Crippen LogP contribution in [-0.4, -0.2) is 45.9 Å². The molecule has 0 unspecified atom stereocenters. The summed E-state index contributed by atoms with van der Waals surface area (Å²) >= 11 is 2.03. The van der Waals surface area contributed by atoms with Gasteiger partial charge >= 0.3 is 109 Å². The molecule has 3 N–H and O–H groups in total. The molecule has 20 heavy (non-hydrogen) atoms. The number of benzene rings is 2. The fourth-order valence-corrected chi connectivity index (χ4v) is 1.93. The molecule has 0 spiro atoms. The van der Waals surface area contributed by atoms with E-state index in [1.807, 2.05) is 71.1 Å². The average molecular weight is 334 g/mol. The smallest absolute Gasteiger partial charge is 0.870 e. The Bertz CT molecular complexity index is 516. The van der Waals surface area contributed by atoms with Crippen LogP contribution in [0.3, 0.4) is 0 Å². The van der Waals surface area contributed by atoms with Gasteiger partial charge in [-0.3, -0.25) is 0 Å². The number of hydrogen-bond donors (Lipinski definition) is 0. The van der Waals surface area contributed by atoms with E-state index in [0.717, 1.165) is 5.69 Å². The Balaban J connectivity index is 0. The Labute approximate surface area is 126 Å². The maximum atomic E-state index is 12.2. The summed E-state index contributed by atoms with van der Waals surface area (Å²) in [6.45, 7) is 0. The largest absolute Gasteiger partial charge is 0.870 e. The van der Waals surface area contributed by atoms with E-state index >= 15 is 0 Å². The molecule has 0 aliphatic rings. The number of amides is 1. The van der Waals surface area contributed by atoms with E-state index in [2.05, 4.69) is 0 Å². The van der Waals surface area contributed by atoms with Crippen LogP contribution >= 0.6 is 0 Å². The summed E-state index contributed by atoms with van der Waals surface area (Å²) in [7, 11) is 1.79. The van der Waals surface area contributed by atoms with Crippen LogP contribution in [0, 0.1) is 0 Å². The van der Waals surface area contributed by atoms with Crippen molar-refractivity contribution < 1.29 is 21.2 Å². The van der Waals surface area contributed by atoms with Crippen LogP contribution in [0.1, 0.15) is 10.4 Å². The first-order valence-corrected chi connectivity index (χ1v) is 6.38. The van der Waals surface area contributed by atoms with Gasteiger partial charge in [-0.05, 0) is 0 Å². The Kier molecular flexibility index (Phi) is 9.57. The van der Waals surface area contributed by atoms with E-state index in [9.17, 15) is 4.79 Å². The topological polar surface area (TPSA) is 110 Å². The van der Waals surface area contributed by atoms with Gasteiger partial charge in [-0.1, -0.05) is 0 Å². The Morgan fingerprint density at radius 3 is 1.90 bits per heavy atom. The summed E-state index contributed by atoms with van der Waals surface area (Å²) in [5.74, 6) is 0.00875. The van der Waals surface area contributed by atoms with Crippen molar-refractivity contribution in [2.75, 3.05) is 11.9 Å². The minimum absolute atomic E-state index is 0. The fraction of sp³-hybridized carbons (Fsp3) is 0.0714. The second-order valence-corrected chi connectivity index (χ2v) is 4.99. The third-order valence-electron chi connectivity index (χ3n) is 2.58. The quantitative estimate of drug-likeness (QED) is 0.769. The van der Waals surface area contributed by atoms with Gasteiger partial charge in [0.1, 0.15) is 0 Å². The van der Waals surface area contributed by atoms with Gasteiger partial charge in [-0.2, -0.15) is 0 Å². The Hall–Kier alpha value is -1.67. The van der Waals surface area contributed by atoms with Crippen molar-refractivity contribution in [3.05, 3.63) is 60.2 Å². The molecule has 1 amide bonds. The zero-order valence-electron chi connectivity index (χ0n) is 10.9. The SMILES string of the molecule is CN(C(=O)c1ccccc1)c1cc[c]([Ge+3])cc1.[OH-].[OH-].[OH-]. The fourth-order valence-electron chi connectivity index (χ4n) is 1.58. The summed E-state index contributed by atoms with van der Waals surface area (Å²) in [6.07, 6.45) is 0. The molecule has 104 valence electrons. The van der Waals surface area contributed by atoms with Crippen LogP contribution in [0.2, 0.25) is 0 Å². The molecule has 0 fully saturated rings. The molecule has 0 bridgehead atoms. The van der Waals surface area contributed by atoms with Gasteiger partial charge in [-0.25, -0.2) is 0 Å². The second kappa shape index (κ2) is 9.27. The molecule has 2 aromatic rings. The standard InChI is InChI=1S/C14H12GeNO.3H2O/c1-16(13-9-7-12(15)8-10-13)14(17)11-5-3-2-4-6-11;;;/h2-10H,1H3;3*1H2/q+3;;;/p-3. The summed E-state index contributed by atoms with van der Waals surface area (Å²) in [5.41, 5.74) is 1.61. The summed E-state index contributed by atoms with van der Waals surface area (Å²) in [6, 6.07) is 17.2. The number of rotatable bonds is 2. The maximum Gasteiger partial charge on any atom is -0.870 e. The molecular weight excluding hydrogens is 319 g/mol. The molecule has 0 aromatic heterocycles. The predicted octanol–water partition coefficient (Wildman–Crippen LogP) is 1.23. The Morgan fingerprint density at radius 1 is 0.900 bits per heavy atom. The first-order chi connectivity index (χ1) is 8.18. The van der Waals surface area contributed by atoms with Crippen LogP contribution in [0.4, 0.5) is 5.69 Å². The molecule has 0 heterocycles. The van der Waals surface area contributed by atoms with E-state index < -0.39 is 0 Å². The molecule has 0 saturated heterocycles.